The lowest BCUT2D eigenvalue weighted by molar-refractivity contribution is -0.163. The van der Waals surface area contributed by atoms with E-state index >= 15 is 8.78 Å². The van der Waals surface area contributed by atoms with Gasteiger partial charge in [0.1, 0.15) is 11.7 Å². The fraction of sp³-hybridized carbons (Fsp3) is 0.450. The van der Waals surface area contributed by atoms with Crippen LogP contribution in [-0.4, -0.2) is 65.8 Å². The first kappa shape index (κ1) is 45.5. The molecular weight excluding hydrogens is 781 g/mol. The number of aryl methyl sites for hydroxylation is 1. The van der Waals surface area contributed by atoms with Crippen molar-refractivity contribution in [3.63, 3.8) is 0 Å². The number of halogens is 2. The molecule has 0 radical (unpaired) electrons. The monoisotopic (exact) mass is 830 g/mol. The number of carbonyl (C=O) groups is 6. The number of benzene rings is 2. The molecule has 4 rings (SSSR count). The van der Waals surface area contributed by atoms with Crippen molar-refractivity contribution in [1.82, 2.24) is 15.2 Å². The highest BCUT2D eigenvalue weighted by atomic mass is 31.2. The second-order valence-electron chi connectivity index (χ2n) is 15.9. The number of hydrogen-bond acceptors (Lipinski definition) is 11. The summed E-state index contributed by atoms with van der Waals surface area (Å²) in [4.78, 5) is 76.0. The van der Waals surface area contributed by atoms with Crippen molar-refractivity contribution in [1.29, 1.82) is 0 Å². The van der Waals surface area contributed by atoms with Gasteiger partial charge in [-0.3, -0.25) is 46.9 Å². The van der Waals surface area contributed by atoms with Crippen LogP contribution in [0.25, 0.3) is 17.0 Å². The zero-order valence-corrected chi connectivity index (χ0v) is 34.3. The largest absolute Gasteiger partial charge is 0.438 e. The number of hydrogen-bond donors (Lipinski definition) is 3. The van der Waals surface area contributed by atoms with E-state index in [0.717, 1.165) is 23.8 Å². The lowest BCUT2D eigenvalue weighted by atomic mass is 9.98. The number of aromatic nitrogens is 1. The second-order valence-corrected chi connectivity index (χ2v) is 18.0. The van der Waals surface area contributed by atoms with Crippen LogP contribution in [0.15, 0.2) is 54.6 Å². The third kappa shape index (κ3) is 11.0. The number of nitrogens with two attached hydrogens (primary N) is 1. The summed E-state index contributed by atoms with van der Waals surface area (Å²) in [7, 11) is -5.54. The molecule has 3 amide bonds. The zero-order valence-electron chi connectivity index (χ0n) is 33.4. The zero-order chi connectivity index (χ0) is 43.2. The average Bonchev–Trinajstić information content (AvgIpc) is 3.48. The van der Waals surface area contributed by atoms with E-state index in [-0.39, 0.29) is 24.1 Å². The molecule has 4 N–H and O–H groups in total. The van der Waals surface area contributed by atoms with Gasteiger partial charge in [-0.1, -0.05) is 42.5 Å². The molecule has 58 heavy (non-hydrogen) atoms. The minimum Gasteiger partial charge on any atom is -0.438 e. The van der Waals surface area contributed by atoms with Crippen LogP contribution >= 0.6 is 7.60 Å². The molecule has 0 saturated carbocycles. The van der Waals surface area contributed by atoms with Crippen molar-refractivity contribution >= 4 is 60.1 Å². The number of primary amides is 1. The lowest BCUT2D eigenvalue weighted by Gasteiger charge is -2.27. The van der Waals surface area contributed by atoms with Crippen molar-refractivity contribution in [3.8, 4) is 0 Å². The SMILES string of the molecule is CC(CCC(N)=O)NC(=O)c1cc2cccc3c2n1C(=O)C(NC(=O)/C=C/c1ccc(C(F)(F)P(=O)(OCOC(=O)C(C)(C)C)OCOC(=O)C(C)(C)C)cc1)CC3. The smallest absolute Gasteiger partial charge is 0.410 e. The van der Waals surface area contributed by atoms with E-state index < -0.39 is 90.9 Å². The molecule has 2 heterocycles. The molecule has 1 aliphatic rings. The Hall–Kier alpha value is -5.25. The number of rotatable bonds is 16. The van der Waals surface area contributed by atoms with Crippen LogP contribution in [0.5, 0.6) is 0 Å². The van der Waals surface area contributed by atoms with Gasteiger partial charge in [-0.2, -0.15) is 8.78 Å². The summed E-state index contributed by atoms with van der Waals surface area (Å²) in [5.74, 6) is -3.94. The third-order valence-electron chi connectivity index (χ3n) is 8.96. The topological polar surface area (TPSA) is 211 Å². The average molecular weight is 831 g/mol. The third-order valence-corrected chi connectivity index (χ3v) is 10.8. The van der Waals surface area contributed by atoms with Crippen LogP contribution in [0.1, 0.15) is 99.7 Å². The van der Waals surface area contributed by atoms with E-state index in [1.165, 1.54) is 64.3 Å². The molecular formula is C40H49F2N4O11P. The highest BCUT2D eigenvalue weighted by Crippen LogP contribution is 2.67. The standard InChI is InChI=1S/C40H49F2N4O11P/c1-24(11-19-31(43)47)44-34(49)30-21-27-10-8-9-26-15-18-29(35(50)46(30)33(26)27)45-32(48)20-14-25-12-16-28(17-13-25)40(41,42)58(53,56-22-54-36(51)38(2,3)4)57-23-55-37(52)39(5,6)7/h8-10,12-14,16-17,20-21,24,29H,11,15,18-19,22-23H2,1-7H3,(H2,43,47)(H,44,49)(H,45,48)/b20-14+. The number of para-hydroxylation sites is 1. The minimum atomic E-state index is -5.54. The van der Waals surface area contributed by atoms with Crippen molar-refractivity contribution in [2.75, 3.05) is 13.6 Å². The van der Waals surface area contributed by atoms with Gasteiger partial charge in [0.2, 0.25) is 25.4 Å². The Morgan fingerprint density at radius 2 is 1.53 bits per heavy atom. The molecule has 2 unspecified atom stereocenters. The number of esters is 2. The normalized spacial score (nSPS) is 15.5. The molecule has 0 saturated heterocycles. The van der Waals surface area contributed by atoms with E-state index in [2.05, 4.69) is 10.6 Å². The molecule has 2 aromatic carbocycles. The number of amides is 3. The summed E-state index contributed by atoms with van der Waals surface area (Å²) < 4.78 is 66.2. The van der Waals surface area contributed by atoms with Gasteiger partial charge in [-0.15, -0.1) is 0 Å². The van der Waals surface area contributed by atoms with Crippen LogP contribution < -0.4 is 16.4 Å². The molecule has 1 aromatic heterocycles. The van der Waals surface area contributed by atoms with Crippen LogP contribution in [-0.2, 0) is 54.3 Å². The first-order valence-electron chi connectivity index (χ1n) is 18.4. The van der Waals surface area contributed by atoms with Gasteiger partial charge in [0.05, 0.1) is 16.3 Å². The molecule has 2 atom stereocenters. The van der Waals surface area contributed by atoms with Crippen LogP contribution in [0.3, 0.4) is 0 Å². The molecule has 0 spiro atoms. The Kier molecular flexibility index (Phi) is 14.2. The Morgan fingerprint density at radius 1 is 0.948 bits per heavy atom. The molecule has 3 aromatic rings. The highest BCUT2D eigenvalue weighted by Gasteiger charge is 2.56. The fourth-order valence-corrected chi connectivity index (χ4v) is 6.89. The summed E-state index contributed by atoms with van der Waals surface area (Å²) in [5.41, 5.74) is -0.316. The first-order valence-corrected chi connectivity index (χ1v) is 20.0. The molecule has 15 nitrogen and oxygen atoms in total. The quantitative estimate of drug-likeness (QED) is 0.0642. The number of ether oxygens (including phenoxy) is 2. The lowest BCUT2D eigenvalue weighted by Crippen LogP contribution is -2.43. The Labute approximate surface area is 334 Å². The van der Waals surface area contributed by atoms with Gasteiger partial charge < -0.3 is 25.8 Å². The molecule has 314 valence electrons. The maximum Gasteiger partial charge on any atom is 0.410 e. The van der Waals surface area contributed by atoms with Crippen molar-refractivity contribution in [3.05, 3.63) is 77.0 Å². The predicted molar refractivity (Wildman–Crippen MR) is 208 cm³/mol. The van der Waals surface area contributed by atoms with Crippen molar-refractivity contribution in [2.24, 2.45) is 16.6 Å². The summed E-state index contributed by atoms with van der Waals surface area (Å²) in [6.45, 7) is 8.49. The molecule has 1 aliphatic heterocycles. The van der Waals surface area contributed by atoms with Gasteiger partial charge in [0.15, 0.2) is 0 Å². The number of nitrogens with one attached hydrogen (secondary N) is 2. The molecule has 0 bridgehead atoms. The van der Waals surface area contributed by atoms with Gasteiger partial charge in [0, 0.05) is 29.5 Å². The van der Waals surface area contributed by atoms with E-state index in [1.807, 2.05) is 6.07 Å². The number of carbonyl (C=O) groups excluding carboxylic acids is 6. The van der Waals surface area contributed by atoms with Crippen molar-refractivity contribution in [2.45, 2.75) is 91.9 Å². The number of alkyl halides is 2. The van der Waals surface area contributed by atoms with E-state index in [4.69, 9.17) is 24.3 Å². The number of nitrogens with zero attached hydrogens (tertiary/aromatic N) is 1. The molecule has 18 heteroatoms. The fourth-order valence-electron chi connectivity index (χ4n) is 5.65. The Balaban J connectivity index is 1.49. The van der Waals surface area contributed by atoms with Gasteiger partial charge in [-0.05, 0) is 91.0 Å². The summed E-state index contributed by atoms with van der Waals surface area (Å²) in [6, 6.07) is 9.78. The molecule has 0 aliphatic carbocycles. The van der Waals surface area contributed by atoms with Crippen molar-refractivity contribution < 1.29 is 60.6 Å². The van der Waals surface area contributed by atoms with Gasteiger partial charge in [0.25, 0.3) is 11.8 Å². The van der Waals surface area contributed by atoms with Crippen LogP contribution in [0.2, 0.25) is 0 Å². The maximum atomic E-state index is 15.9. The van der Waals surface area contributed by atoms with E-state index in [1.54, 1.807) is 25.1 Å². The maximum absolute atomic E-state index is 15.9. The van der Waals surface area contributed by atoms with Crippen LogP contribution in [0, 0.1) is 10.8 Å². The minimum absolute atomic E-state index is 0.0594. The van der Waals surface area contributed by atoms with E-state index in [9.17, 15) is 33.3 Å². The highest BCUT2D eigenvalue weighted by molar-refractivity contribution is 7.54. The summed E-state index contributed by atoms with van der Waals surface area (Å²) in [6.07, 6.45) is 3.39. The first-order chi connectivity index (χ1) is 26.9. The summed E-state index contributed by atoms with van der Waals surface area (Å²) >= 11 is 0. The van der Waals surface area contributed by atoms with E-state index in [0.29, 0.717) is 23.7 Å². The summed E-state index contributed by atoms with van der Waals surface area (Å²) in [5, 5.41) is 6.12. The van der Waals surface area contributed by atoms with Gasteiger partial charge >= 0.3 is 25.2 Å². The molecule has 0 fully saturated rings. The Morgan fingerprint density at radius 3 is 2.09 bits per heavy atom. The van der Waals surface area contributed by atoms with Gasteiger partial charge in [-0.25, -0.2) is 0 Å². The predicted octanol–water partition coefficient (Wildman–Crippen LogP) is 6.18. The van der Waals surface area contributed by atoms with Crippen LogP contribution in [0.4, 0.5) is 8.78 Å². The Bertz CT molecular complexity index is 2100. The second kappa shape index (κ2) is 18.1.